The van der Waals surface area contributed by atoms with Gasteiger partial charge in [-0.15, -0.1) is 0 Å². The smallest absolute Gasteiger partial charge is 0.0489 e. The fourth-order valence-corrected chi connectivity index (χ4v) is 16.6. The van der Waals surface area contributed by atoms with Crippen LogP contribution in [-0.2, 0) is 28.2 Å². The Morgan fingerprint density at radius 3 is 0.746 bits per heavy atom. The van der Waals surface area contributed by atoms with E-state index in [-0.39, 0.29) is 0 Å². The molecule has 0 aliphatic rings. The van der Waals surface area contributed by atoms with E-state index >= 15 is 0 Å². The highest BCUT2D eigenvalue weighted by molar-refractivity contribution is 7.88. The highest BCUT2D eigenvalue weighted by atomic mass is 31.2. The summed E-state index contributed by atoms with van der Waals surface area (Å²) in [6, 6.07) is 64.9. The number of benzene rings is 8. The van der Waals surface area contributed by atoms with E-state index in [0.717, 1.165) is 5.90 Å². The van der Waals surface area contributed by atoms with Gasteiger partial charge in [-0.1, -0.05) is 97.1 Å². The molecule has 0 spiro atoms. The SMILES string of the molecule is Cn1c2ccccc2c2cc(P(CP(c3ccc4c(c3)c3ccccc3n4C)c3ccc4c(c3)c3ccccc3n4C)c3ccc4c(c3)c3ccccc3n4C)ccc21. The molecule has 0 aliphatic heterocycles. The van der Waals surface area contributed by atoms with Crippen molar-refractivity contribution in [1.82, 2.24) is 18.3 Å². The van der Waals surface area contributed by atoms with Crippen LogP contribution in [0.4, 0.5) is 0 Å². The third-order valence-electron chi connectivity index (χ3n) is 13.1. The summed E-state index contributed by atoms with van der Waals surface area (Å²) in [4.78, 5) is 0. The number of nitrogens with zero attached hydrogens (tertiary/aromatic N) is 4. The molecule has 0 radical (unpaired) electrons. The van der Waals surface area contributed by atoms with Gasteiger partial charge in [0.1, 0.15) is 0 Å². The third-order valence-corrected chi connectivity index (χ3v) is 19.0. The van der Waals surface area contributed by atoms with E-state index in [1.54, 1.807) is 0 Å². The van der Waals surface area contributed by atoms with Crippen LogP contribution in [0.2, 0.25) is 0 Å². The molecule has 12 aromatic rings. The second-order valence-electron chi connectivity index (χ2n) is 16.1. The van der Waals surface area contributed by atoms with E-state index < -0.39 is 15.8 Å². The van der Waals surface area contributed by atoms with Crippen LogP contribution in [0.15, 0.2) is 170 Å². The van der Waals surface area contributed by atoms with Gasteiger partial charge in [-0.05, 0) is 110 Å². The van der Waals surface area contributed by atoms with E-state index in [1.165, 1.54) is 108 Å². The van der Waals surface area contributed by atoms with Crippen molar-refractivity contribution in [3.8, 4) is 0 Å². The predicted octanol–water partition coefficient (Wildman–Crippen LogP) is 11.8. The van der Waals surface area contributed by atoms with Gasteiger partial charge in [0.15, 0.2) is 0 Å². The molecule has 12 rings (SSSR count). The molecule has 4 nitrogen and oxygen atoms in total. The van der Waals surface area contributed by atoms with Gasteiger partial charge >= 0.3 is 0 Å². The first-order valence-electron chi connectivity index (χ1n) is 20.4. The Balaban J connectivity index is 1.12. The van der Waals surface area contributed by atoms with Crippen molar-refractivity contribution in [1.29, 1.82) is 0 Å². The lowest BCUT2D eigenvalue weighted by atomic mass is 10.1. The minimum Gasteiger partial charge on any atom is -0.344 e. The molecule has 4 aromatic heterocycles. The highest BCUT2D eigenvalue weighted by Crippen LogP contribution is 2.51. The molecule has 0 fully saturated rings. The third kappa shape index (κ3) is 5.16. The van der Waals surface area contributed by atoms with E-state index in [9.17, 15) is 0 Å². The largest absolute Gasteiger partial charge is 0.344 e. The molecular formula is C53H42N4P2. The maximum Gasteiger partial charge on any atom is 0.0489 e. The fraction of sp³-hybridized carbons (Fsp3) is 0.0943. The number of hydrogen-bond acceptors (Lipinski definition) is 0. The summed E-state index contributed by atoms with van der Waals surface area (Å²) in [7, 11) is 7.17. The Morgan fingerprint density at radius 2 is 0.492 bits per heavy atom. The van der Waals surface area contributed by atoms with Crippen molar-refractivity contribution >= 4 is 124 Å². The Morgan fingerprint density at radius 1 is 0.271 bits per heavy atom. The number of aromatic nitrogens is 4. The zero-order valence-electron chi connectivity index (χ0n) is 33.6. The topological polar surface area (TPSA) is 19.7 Å². The van der Waals surface area contributed by atoms with Crippen molar-refractivity contribution in [3.63, 3.8) is 0 Å². The molecule has 0 saturated heterocycles. The summed E-state index contributed by atoms with van der Waals surface area (Å²) in [5.41, 5.74) is 10.2. The molecule has 0 unspecified atom stereocenters. The van der Waals surface area contributed by atoms with Gasteiger partial charge in [0.05, 0.1) is 0 Å². The van der Waals surface area contributed by atoms with Crippen molar-refractivity contribution in [2.24, 2.45) is 28.2 Å². The average molecular weight is 797 g/mol. The quantitative estimate of drug-likeness (QED) is 0.149. The number of rotatable bonds is 6. The maximum atomic E-state index is 2.53. The molecule has 0 bridgehead atoms. The lowest BCUT2D eigenvalue weighted by Crippen LogP contribution is -2.20. The number of fused-ring (bicyclic) bond motifs is 12. The first-order valence-corrected chi connectivity index (χ1v) is 23.4. The second kappa shape index (κ2) is 13.2. The Hall–Kier alpha value is -6.18. The summed E-state index contributed by atoms with van der Waals surface area (Å²) >= 11 is 0. The van der Waals surface area contributed by atoms with Crippen molar-refractivity contribution in [3.05, 3.63) is 170 Å². The molecule has 0 N–H and O–H groups in total. The molecule has 284 valence electrons. The maximum absolute atomic E-state index is 2.53. The van der Waals surface area contributed by atoms with Crippen LogP contribution in [0.25, 0.3) is 87.2 Å². The summed E-state index contributed by atoms with van der Waals surface area (Å²) < 4.78 is 9.41. The van der Waals surface area contributed by atoms with Crippen molar-refractivity contribution in [2.75, 3.05) is 5.90 Å². The number of aryl methyl sites for hydroxylation is 4. The molecular weight excluding hydrogens is 755 g/mol. The summed E-state index contributed by atoms with van der Waals surface area (Å²) in [5, 5.41) is 16.3. The first-order chi connectivity index (χ1) is 28.9. The molecule has 59 heavy (non-hydrogen) atoms. The second-order valence-corrected chi connectivity index (χ2v) is 21.0. The van der Waals surface area contributed by atoms with Gasteiger partial charge < -0.3 is 18.3 Å². The van der Waals surface area contributed by atoms with Gasteiger partial charge in [-0.2, -0.15) is 0 Å². The first kappa shape index (κ1) is 34.8. The Labute approximate surface area is 345 Å². The zero-order valence-corrected chi connectivity index (χ0v) is 35.3. The average Bonchev–Trinajstić information content (AvgIpc) is 3.95. The van der Waals surface area contributed by atoms with Crippen LogP contribution in [-0.4, -0.2) is 24.2 Å². The standard InChI is InChI=1S/C53H42N4P2/c1-54-46-17-9-5-13-38(46)42-29-34(21-25-50(42)54)58(35-22-26-51-43(30-35)39-14-6-10-18-47(39)55(51)2)33-59(36-23-27-52-44(31-36)40-15-7-11-19-48(40)56(52)3)37-24-28-53-45(32-37)41-16-8-12-20-49(41)57(53)4/h5-32H,33H2,1-4H3. The van der Waals surface area contributed by atoms with E-state index in [1.807, 2.05) is 0 Å². The Bertz CT molecular complexity index is 3190. The van der Waals surface area contributed by atoms with Crippen LogP contribution in [0, 0.1) is 0 Å². The molecule has 0 atom stereocenters. The molecule has 0 aliphatic carbocycles. The number of para-hydroxylation sites is 4. The van der Waals surface area contributed by atoms with Crippen molar-refractivity contribution < 1.29 is 0 Å². The lowest BCUT2D eigenvalue weighted by molar-refractivity contribution is 1.01. The van der Waals surface area contributed by atoms with Gasteiger partial charge in [-0.3, -0.25) is 0 Å². The van der Waals surface area contributed by atoms with Crippen molar-refractivity contribution in [2.45, 2.75) is 0 Å². The highest BCUT2D eigenvalue weighted by Gasteiger charge is 2.26. The van der Waals surface area contributed by atoms with Crippen LogP contribution in [0.1, 0.15) is 0 Å². The Kier molecular flexibility index (Phi) is 7.77. The fourth-order valence-electron chi connectivity index (χ4n) is 10.1. The van der Waals surface area contributed by atoms with Gasteiger partial charge in [0.2, 0.25) is 0 Å². The van der Waals surface area contributed by atoms with Crippen LogP contribution < -0.4 is 21.2 Å². The summed E-state index contributed by atoms with van der Waals surface area (Å²) in [6.45, 7) is 0. The molecule has 8 aromatic carbocycles. The lowest BCUT2D eigenvalue weighted by Gasteiger charge is -2.27. The van der Waals surface area contributed by atoms with Crippen LogP contribution >= 0.6 is 15.8 Å². The van der Waals surface area contributed by atoms with Crippen LogP contribution in [0.3, 0.4) is 0 Å². The molecule has 6 heteroatoms. The molecule has 4 heterocycles. The van der Waals surface area contributed by atoms with E-state index in [0.29, 0.717) is 0 Å². The normalized spacial score (nSPS) is 12.4. The van der Waals surface area contributed by atoms with Gasteiger partial charge in [-0.25, -0.2) is 0 Å². The van der Waals surface area contributed by atoms with Gasteiger partial charge in [0, 0.05) is 121 Å². The van der Waals surface area contributed by atoms with E-state index in [2.05, 4.69) is 216 Å². The minimum atomic E-state index is -0.821. The molecule has 0 saturated carbocycles. The van der Waals surface area contributed by atoms with Crippen LogP contribution in [0.5, 0.6) is 0 Å². The summed E-state index contributed by atoms with van der Waals surface area (Å²) in [6.07, 6.45) is 0. The zero-order chi connectivity index (χ0) is 39.5. The predicted molar refractivity (Wildman–Crippen MR) is 259 cm³/mol. The monoisotopic (exact) mass is 796 g/mol. The number of hydrogen-bond donors (Lipinski definition) is 0. The molecule has 0 amide bonds. The minimum absolute atomic E-state index is 0.821. The van der Waals surface area contributed by atoms with Gasteiger partial charge in [0.25, 0.3) is 0 Å². The van der Waals surface area contributed by atoms with E-state index in [4.69, 9.17) is 0 Å². The summed E-state index contributed by atoms with van der Waals surface area (Å²) in [5.74, 6) is 1.03.